The van der Waals surface area contributed by atoms with Crippen molar-refractivity contribution in [2.45, 2.75) is 31.7 Å². The summed E-state index contributed by atoms with van der Waals surface area (Å²) in [6.45, 7) is 8.12. The van der Waals surface area contributed by atoms with Crippen molar-refractivity contribution in [3.63, 3.8) is 0 Å². The SMILES string of the molecule is CCN1CC2(CCN(Cc3ccccc3)CC2)c2ccccc21. The molecule has 2 aromatic rings. The molecule has 0 amide bonds. The number of piperidine rings is 1. The number of hydrogen-bond donors (Lipinski definition) is 0. The van der Waals surface area contributed by atoms with Gasteiger partial charge in [-0.2, -0.15) is 0 Å². The fourth-order valence-electron chi connectivity index (χ4n) is 4.42. The molecule has 0 aromatic heterocycles. The first kappa shape index (κ1) is 14.8. The fraction of sp³-hybridized carbons (Fsp3) is 0.429. The van der Waals surface area contributed by atoms with Gasteiger partial charge in [0.15, 0.2) is 0 Å². The Morgan fingerprint density at radius 2 is 1.61 bits per heavy atom. The molecule has 0 N–H and O–H groups in total. The number of para-hydroxylation sites is 1. The molecule has 23 heavy (non-hydrogen) atoms. The second-order valence-electron chi connectivity index (χ2n) is 7.07. The van der Waals surface area contributed by atoms with Gasteiger partial charge in [0.25, 0.3) is 0 Å². The van der Waals surface area contributed by atoms with Gasteiger partial charge in [0.05, 0.1) is 0 Å². The van der Waals surface area contributed by atoms with E-state index in [4.69, 9.17) is 0 Å². The largest absolute Gasteiger partial charge is 0.371 e. The Morgan fingerprint density at radius 3 is 2.35 bits per heavy atom. The number of anilines is 1. The lowest BCUT2D eigenvalue weighted by Crippen LogP contribution is -2.44. The maximum atomic E-state index is 2.62. The molecule has 120 valence electrons. The van der Waals surface area contributed by atoms with Crippen LogP contribution in [0.1, 0.15) is 30.9 Å². The van der Waals surface area contributed by atoms with Gasteiger partial charge in [0.2, 0.25) is 0 Å². The van der Waals surface area contributed by atoms with Crippen molar-refractivity contribution >= 4 is 5.69 Å². The third-order valence-electron chi connectivity index (χ3n) is 5.75. The summed E-state index contributed by atoms with van der Waals surface area (Å²) in [7, 11) is 0. The Labute approximate surface area is 139 Å². The molecule has 2 aliphatic heterocycles. The molecule has 2 aliphatic rings. The van der Waals surface area contributed by atoms with Gasteiger partial charge in [-0.3, -0.25) is 4.90 Å². The van der Waals surface area contributed by atoms with Gasteiger partial charge in [-0.05, 0) is 50.0 Å². The molecule has 2 heteroatoms. The monoisotopic (exact) mass is 306 g/mol. The molecule has 0 unspecified atom stereocenters. The van der Waals surface area contributed by atoms with Gasteiger partial charge in [-0.25, -0.2) is 0 Å². The van der Waals surface area contributed by atoms with Gasteiger partial charge < -0.3 is 4.90 Å². The minimum Gasteiger partial charge on any atom is -0.371 e. The fourth-order valence-corrected chi connectivity index (χ4v) is 4.42. The number of fused-ring (bicyclic) bond motifs is 2. The van der Waals surface area contributed by atoms with E-state index in [1.165, 1.54) is 43.7 Å². The summed E-state index contributed by atoms with van der Waals surface area (Å²) in [6.07, 6.45) is 2.57. The molecule has 1 fully saturated rings. The molecule has 0 aliphatic carbocycles. The van der Waals surface area contributed by atoms with Crippen molar-refractivity contribution in [3.8, 4) is 0 Å². The average molecular weight is 306 g/mol. The van der Waals surface area contributed by atoms with Gasteiger partial charge >= 0.3 is 0 Å². The lowest BCUT2D eigenvalue weighted by Gasteiger charge is -2.40. The second kappa shape index (κ2) is 6.01. The zero-order valence-corrected chi connectivity index (χ0v) is 14.0. The van der Waals surface area contributed by atoms with Crippen LogP contribution in [0.5, 0.6) is 0 Å². The van der Waals surface area contributed by atoms with Crippen molar-refractivity contribution in [1.82, 2.24) is 4.90 Å². The molecule has 0 bridgehead atoms. The summed E-state index contributed by atoms with van der Waals surface area (Å²) in [5.74, 6) is 0. The van der Waals surface area contributed by atoms with Crippen LogP contribution in [0.4, 0.5) is 5.69 Å². The van der Waals surface area contributed by atoms with E-state index < -0.39 is 0 Å². The minimum absolute atomic E-state index is 0.389. The zero-order valence-electron chi connectivity index (χ0n) is 14.0. The predicted molar refractivity (Wildman–Crippen MR) is 97.0 cm³/mol. The Hall–Kier alpha value is -1.80. The van der Waals surface area contributed by atoms with Crippen molar-refractivity contribution < 1.29 is 0 Å². The maximum Gasteiger partial charge on any atom is 0.0405 e. The van der Waals surface area contributed by atoms with Crippen molar-refractivity contribution in [2.75, 3.05) is 31.1 Å². The number of likely N-dealkylation sites (tertiary alicyclic amines) is 1. The van der Waals surface area contributed by atoms with Crippen LogP contribution in [0.25, 0.3) is 0 Å². The standard InChI is InChI=1S/C21H26N2/c1-2-23-17-21(19-10-6-7-11-20(19)23)12-14-22(15-13-21)16-18-8-4-3-5-9-18/h3-11H,2,12-17H2,1H3. The van der Waals surface area contributed by atoms with E-state index in [0.29, 0.717) is 5.41 Å². The first-order valence-electron chi connectivity index (χ1n) is 8.91. The summed E-state index contributed by atoms with van der Waals surface area (Å²) >= 11 is 0. The Morgan fingerprint density at radius 1 is 0.913 bits per heavy atom. The number of benzene rings is 2. The van der Waals surface area contributed by atoms with Crippen LogP contribution >= 0.6 is 0 Å². The number of nitrogens with zero attached hydrogens (tertiary/aromatic N) is 2. The molecule has 2 nitrogen and oxygen atoms in total. The van der Waals surface area contributed by atoms with Crippen LogP contribution < -0.4 is 4.90 Å². The molecule has 1 saturated heterocycles. The highest BCUT2D eigenvalue weighted by Crippen LogP contribution is 2.46. The average Bonchev–Trinajstić information content (AvgIpc) is 2.92. The first-order valence-corrected chi connectivity index (χ1v) is 8.91. The molecule has 4 rings (SSSR count). The quantitative estimate of drug-likeness (QED) is 0.844. The molecule has 2 heterocycles. The highest BCUT2D eigenvalue weighted by Gasteiger charge is 2.43. The minimum atomic E-state index is 0.389. The number of hydrogen-bond acceptors (Lipinski definition) is 2. The van der Waals surface area contributed by atoms with E-state index in [1.807, 2.05) is 0 Å². The van der Waals surface area contributed by atoms with Crippen LogP contribution in [-0.4, -0.2) is 31.1 Å². The molecule has 1 spiro atoms. The van der Waals surface area contributed by atoms with E-state index in [0.717, 1.165) is 13.1 Å². The predicted octanol–water partition coefficient (Wildman–Crippen LogP) is 4.06. The van der Waals surface area contributed by atoms with Gasteiger partial charge in [0.1, 0.15) is 0 Å². The maximum absolute atomic E-state index is 2.62. The molecular weight excluding hydrogens is 280 g/mol. The highest BCUT2D eigenvalue weighted by atomic mass is 15.2. The second-order valence-corrected chi connectivity index (χ2v) is 7.07. The van der Waals surface area contributed by atoms with Crippen LogP contribution in [-0.2, 0) is 12.0 Å². The van der Waals surface area contributed by atoms with E-state index in [1.54, 1.807) is 5.56 Å². The third kappa shape index (κ3) is 2.66. The van der Waals surface area contributed by atoms with Gasteiger partial charge in [0, 0.05) is 30.7 Å². The topological polar surface area (TPSA) is 6.48 Å². The van der Waals surface area contributed by atoms with Crippen LogP contribution in [0.3, 0.4) is 0 Å². The summed E-state index contributed by atoms with van der Waals surface area (Å²) in [5.41, 5.74) is 4.90. The van der Waals surface area contributed by atoms with E-state index in [2.05, 4.69) is 71.3 Å². The summed E-state index contributed by atoms with van der Waals surface area (Å²) in [6, 6.07) is 20.0. The summed E-state index contributed by atoms with van der Waals surface area (Å²) < 4.78 is 0. The molecule has 0 saturated carbocycles. The van der Waals surface area contributed by atoms with Gasteiger partial charge in [-0.1, -0.05) is 48.5 Å². The van der Waals surface area contributed by atoms with Crippen molar-refractivity contribution in [2.24, 2.45) is 0 Å². The summed E-state index contributed by atoms with van der Waals surface area (Å²) in [4.78, 5) is 5.19. The van der Waals surface area contributed by atoms with Crippen LogP contribution in [0.2, 0.25) is 0 Å². The molecular formula is C21H26N2. The third-order valence-corrected chi connectivity index (χ3v) is 5.75. The first-order chi connectivity index (χ1) is 11.3. The van der Waals surface area contributed by atoms with E-state index in [9.17, 15) is 0 Å². The Bertz CT molecular complexity index is 657. The highest BCUT2D eigenvalue weighted by molar-refractivity contribution is 5.62. The van der Waals surface area contributed by atoms with Crippen LogP contribution in [0.15, 0.2) is 54.6 Å². The molecule has 0 radical (unpaired) electrons. The zero-order chi connectivity index (χ0) is 15.7. The number of rotatable bonds is 3. The van der Waals surface area contributed by atoms with Crippen molar-refractivity contribution in [1.29, 1.82) is 0 Å². The summed E-state index contributed by atoms with van der Waals surface area (Å²) in [5, 5.41) is 0. The van der Waals surface area contributed by atoms with E-state index >= 15 is 0 Å². The van der Waals surface area contributed by atoms with Crippen LogP contribution in [0, 0.1) is 0 Å². The molecule has 0 atom stereocenters. The van der Waals surface area contributed by atoms with Gasteiger partial charge in [-0.15, -0.1) is 0 Å². The van der Waals surface area contributed by atoms with Crippen molar-refractivity contribution in [3.05, 3.63) is 65.7 Å². The molecule has 2 aromatic carbocycles. The van der Waals surface area contributed by atoms with E-state index in [-0.39, 0.29) is 0 Å². The lowest BCUT2D eigenvalue weighted by atomic mass is 9.74. The normalized spacial score (nSPS) is 20.0. The lowest BCUT2D eigenvalue weighted by molar-refractivity contribution is 0.160. The Kier molecular flexibility index (Phi) is 3.86. The Balaban J connectivity index is 1.49. The number of likely N-dealkylation sites (N-methyl/N-ethyl adjacent to an activating group) is 1. The smallest absolute Gasteiger partial charge is 0.0405 e.